The first-order chi connectivity index (χ1) is 12.7. The zero-order valence-electron chi connectivity index (χ0n) is 15.6. The van der Waals surface area contributed by atoms with Crippen molar-refractivity contribution in [2.45, 2.75) is 44.3 Å². The zero-order chi connectivity index (χ0) is 19.7. The van der Waals surface area contributed by atoms with Gasteiger partial charge in [-0.2, -0.15) is 0 Å². The van der Waals surface area contributed by atoms with Crippen molar-refractivity contribution in [1.82, 2.24) is 4.57 Å². The van der Waals surface area contributed by atoms with E-state index in [-0.39, 0.29) is 19.4 Å². The number of carbonyl (C=O) groups is 1. The minimum Gasteiger partial charge on any atom is -0.459 e. The van der Waals surface area contributed by atoms with E-state index in [2.05, 4.69) is 0 Å². The highest BCUT2D eigenvalue weighted by molar-refractivity contribution is 5.81. The van der Waals surface area contributed by atoms with E-state index in [1.54, 1.807) is 30.3 Å². The molecule has 3 rings (SSSR count). The number of hydrogen-bond acceptors (Lipinski definition) is 3. The molecule has 1 heterocycles. The number of hydrogen-bond donors (Lipinski definition) is 1. The number of nitrogens with zero attached hydrogens (tertiary/aromatic N) is 2. The maximum Gasteiger partial charge on any atom is 0.343 e. The summed E-state index contributed by atoms with van der Waals surface area (Å²) < 4.78 is 36.7. The van der Waals surface area contributed by atoms with Crippen LogP contribution in [0.15, 0.2) is 42.7 Å². The molecule has 1 N–H and O–H groups in total. The zero-order valence-corrected chi connectivity index (χ0v) is 15.6. The fourth-order valence-electron chi connectivity index (χ4n) is 3.70. The first-order valence-corrected chi connectivity index (χ1v) is 9.08. The lowest BCUT2D eigenvalue weighted by atomic mass is 9.80. The van der Waals surface area contributed by atoms with Crippen LogP contribution in [-0.4, -0.2) is 28.2 Å². The second-order valence-electron chi connectivity index (χ2n) is 7.21. The van der Waals surface area contributed by atoms with Crippen molar-refractivity contribution in [3.05, 3.63) is 54.1 Å². The largest absolute Gasteiger partial charge is 0.459 e. The van der Waals surface area contributed by atoms with Crippen molar-refractivity contribution in [3.8, 4) is 0 Å². The molecule has 1 aromatic heterocycles. The Morgan fingerprint density at radius 1 is 1.41 bits per heavy atom. The van der Waals surface area contributed by atoms with Gasteiger partial charge in [0.25, 0.3) is 5.82 Å². The van der Waals surface area contributed by atoms with Gasteiger partial charge in [0.2, 0.25) is 5.92 Å². The lowest BCUT2D eigenvalue weighted by Crippen LogP contribution is -2.44. The fraction of sp³-hybridized carbons (Fsp3) is 0.500. The van der Waals surface area contributed by atoms with E-state index in [1.807, 2.05) is 35.5 Å². The Morgan fingerprint density at radius 3 is 2.67 bits per heavy atom. The first-order valence-electron chi connectivity index (χ1n) is 9.08. The number of ether oxygens (including phenoxy) is 1. The third-order valence-electron chi connectivity index (χ3n) is 5.48. The molecule has 0 spiro atoms. The quantitative estimate of drug-likeness (QED) is 0.620. The minimum absolute atomic E-state index is 0.0482. The van der Waals surface area contributed by atoms with Gasteiger partial charge >= 0.3 is 5.97 Å². The third kappa shape index (κ3) is 3.88. The van der Waals surface area contributed by atoms with Crippen LogP contribution in [0.25, 0.3) is 0 Å². The summed E-state index contributed by atoms with van der Waals surface area (Å²) in [7, 11) is 1.91. The van der Waals surface area contributed by atoms with Crippen molar-refractivity contribution in [2.75, 3.05) is 6.61 Å². The number of benzene rings is 1. The van der Waals surface area contributed by atoms with Crippen LogP contribution in [0.4, 0.5) is 8.78 Å². The number of carbonyl (C=O) groups excluding carboxylic acids is 1. The van der Waals surface area contributed by atoms with Crippen molar-refractivity contribution in [3.63, 3.8) is 0 Å². The van der Waals surface area contributed by atoms with E-state index >= 15 is 0 Å². The van der Waals surface area contributed by atoms with Crippen LogP contribution in [-0.2, 0) is 28.7 Å². The van der Waals surface area contributed by atoms with Gasteiger partial charge in [0.15, 0.2) is 5.60 Å². The standard InChI is InChI=1S/C20H25F2N2O3/c1-15-23(2)10-11-24(15)12-13-27-18(25)20(26,16-6-4-3-5-7-16)17-8-9-19(21,22)14-17/h3-7,10-11,17,26H,8-9,12-14H2,1-2H3/q+1/t17?,20-/m0/s1. The van der Waals surface area contributed by atoms with Gasteiger partial charge in [-0.25, -0.2) is 22.7 Å². The molecule has 0 saturated heterocycles. The molecule has 1 unspecified atom stereocenters. The smallest absolute Gasteiger partial charge is 0.343 e. The van der Waals surface area contributed by atoms with Crippen LogP contribution >= 0.6 is 0 Å². The Morgan fingerprint density at radius 2 is 2.11 bits per heavy atom. The van der Waals surface area contributed by atoms with Gasteiger partial charge in [0.1, 0.15) is 25.5 Å². The van der Waals surface area contributed by atoms with Crippen molar-refractivity contribution in [1.29, 1.82) is 0 Å². The highest BCUT2D eigenvalue weighted by Gasteiger charge is 2.54. The Kier molecular flexibility index (Phi) is 5.33. The molecule has 1 aliphatic carbocycles. The highest BCUT2D eigenvalue weighted by Crippen LogP contribution is 2.47. The molecular weight excluding hydrogens is 354 g/mol. The normalized spacial score (nSPS) is 21.0. The van der Waals surface area contributed by atoms with Gasteiger partial charge in [0, 0.05) is 25.7 Å². The molecule has 146 valence electrons. The van der Waals surface area contributed by atoms with E-state index in [1.165, 1.54) is 0 Å². The molecule has 27 heavy (non-hydrogen) atoms. The Labute approximate surface area is 157 Å². The number of rotatable bonds is 6. The molecule has 0 bridgehead atoms. The lowest BCUT2D eigenvalue weighted by Gasteiger charge is -2.32. The monoisotopic (exact) mass is 379 g/mol. The number of esters is 1. The molecule has 1 aliphatic rings. The van der Waals surface area contributed by atoms with Crippen molar-refractivity contribution >= 4 is 5.97 Å². The number of aromatic nitrogens is 2. The summed E-state index contributed by atoms with van der Waals surface area (Å²) in [6.07, 6.45) is 2.96. The molecular formula is C20H25F2N2O3+. The highest BCUT2D eigenvalue weighted by atomic mass is 19.3. The average Bonchev–Trinajstić information content (AvgIpc) is 3.18. The second kappa shape index (κ2) is 7.38. The first kappa shape index (κ1) is 19.5. The summed E-state index contributed by atoms with van der Waals surface area (Å²) in [5, 5.41) is 11.2. The molecule has 0 radical (unpaired) electrons. The molecule has 1 aromatic carbocycles. The molecule has 2 atom stereocenters. The van der Waals surface area contributed by atoms with Crippen LogP contribution in [0.1, 0.15) is 30.7 Å². The molecule has 0 aliphatic heterocycles. The minimum atomic E-state index is -2.87. The second-order valence-corrected chi connectivity index (χ2v) is 7.21. The Balaban J connectivity index is 1.76. The van der Waals surface area contributed by atoms with Crippen molar-refractivity contribution < 1.29 is 28.0 Å². The summed E-state index contributed by atoms with van der Waals surface area (Å²) >= 11 is 0. The molecule has 7 heteroatoms. The van der Waals surface area contributed by atoms with Gasteiger partial charge in [-0.1, -0.05) is 30.3 Å². The molecule has 2 aromatic rings. The van der Waals surface area contributed by atoms with Gasteiger partial charge in [-0.15, -0.1) is 0 Å². The van der Waals surface area contributed by atoms with Crippen LogP contribution < -0.4 is 4.57 Å². The van der Waals surface area contributed by atoms with E-state index in [4.69, 9.17) is 4.74 Å². The molecule has 1 fully saturated rings. The predicted octanol–water partition coefficient (Wildman–Crippen LogP) is 2.49. The van der Waals surface area contributed by atoms with E-state index in [0.29, 0.717) is 12.1 Å². The van der Waals surface area contributed by atoms with Crippen molar-refractivity contribution in [2.24, 2.45) is 13.0 Å². The van der Waals surface area contributed by atoms with E-state index < -0.39 is 29.8 Å². The molecule has 5 nitrogen and oxygen atoms in total. The molecule has 1 saturated carbocycles. The lowest BCUT2D eigenvalue weighted by molar-refractivity contribution is -0.677. The van der Waals surface area contributed by atoms with Gasteiger partial charge in [-0.3, -0.25) is 0 Å². The summed E-state index contributed by atoms with van der Waals surface area (Å²) in [5.41, 5.74) is -1.78. The average molecular weight is 379 g/mol. The summed E-state index contributed by atoms with van der Waals surface area (Å²) in [4.78, 5) is 12.8. The van der Waals surface area contributed by atoms with Gasteiger partial charge < -0.3 is 9.84 Å². The third-order valence-corrected chi connectivity index (χ3v) is 5.48. The number of imidazole rings is 1. The fourth-order valence-corrected chi connectivity index (χ4v) is 3.70. The predicted molar refractivity (Wildman–Crippen MR) is 93.9 cm³/mol. The summed E-state index contributed by atoms with van der Waals surface area (Å²) in [6.45, 7) is 2.40. The van der Waals surface area contributed by atoms with Crippen LogP contribution in [0.5, 0.6) is 0 Å². The summed E-state index contributed by atoms with van der Waals surface area (Å²) in [5.74, 6) is -3.64. The number of alkyl halides is 2. The van der Waals surface area contributed by atoms with Crippen LogP contribution in [0.2, 0.25) is 0 Å². The number of halogens is 2. The maximum absolute atomic E-state index is 13.8. The van der Waals surface area contributed by atoms with Gasteiger partial charge in [-0.05, 0) is 12.0 Å². The Hall–Kier alpha value is -2.28. The van der Waals surface area contributed by atoms with Crippen LogP contribution in [0.3, 0.4) is 0 Å². The number of aryl methyl sites for hydroxylation is 1. The van der Waals surface area contributed by atoms with Gasteiger partial charge in [0.05, 0.1) is 7.05 Å². The maximum atomic E-state index is 13.8. The topological polar surface area (TPSA) is 55.3 Å². The number of aliphatic hydroxyl groups is 1. The molecule has 0 amide bonds. The van der Waals surface area contributed by atoms with E-state index in [9.17, 15) is 18.7 Å². The Bertz CT molecular complexity index is 807. The summed E-state index contributed by atoms with van der Waals surface area (Å²) in [6, 6.07) is 8.24. The van der Waals surface area contributed by atoms with E-state index in [0.717, 1.165) is 5.82 Å². The van der Waals surface area contributed by atoms with Crippen LogP contribution in [0, 0.1) is 12.8 Å². The SMILES string of the molecule is Cc1n(CCOC(=O)[C@](O)(c2ccccc2)C2CCC(F)(F)C2)cc[n+]1C.